The SMILES string of the molecule is Cc1ccc2c(c1)c1ccc(Cc3cnc4c5ccccc5c5ccccc5c4n3)cc1c1ncccc21. The fourth-order valence-corrected chi connectivity index (χ4v) is 6.04. The molecule has 8 rings (SSSR count). The number of aromatic nitrogens is 3. The van der Waals surface area contributed by atoms with Gasteiger partial charge in [0, 0.05) is 40.4 Å². The highest BCUT2D eigenvalue weighted by molar-refractivity contribution is 6.24. The van der Waals surface area contributed by atoms with Crippen LogP contribution in [0.25, 0.3) is 65.0 Å². The number of nitrogens with zero attached hydrogens (tertiary/aromatic N) is 3. The number of aryl methyl sites for hydroxylation is 1. The van der Waals surface area contributed by atoms with Crippen LogP contribution in [-0.4, -0.2) is 15.0 Å². The molecule has 3 nitrogen and oxygen atoms in total. The van der Waals surface area contributed by atoms with E-state index in [1.54, 1.807) is 0 Å². The highest BCUT2D eigenvalue weighted by Crippen LogP contribution is 2.36. The van der Waals surface area contributed by atoms with Crippen molar-refractivity contribution in [1.82, 2.24) is 15.0 Å². The largest absolute Gasteiger partial charge is 0.256 e. The van der Waals surface area contributed by atoms with Crippen LogP contribution in [0.1, 0.15) is 16.8 Å². The van der Waals surface area contributed by atoms with Crippen molar-refractivity contribution in [2.24, 2.45) is 0 Å². The van der Waals surface area contributed by atoms with Crippen LogP contribution in [-0.2, 0) is 6.42 Å². The van der Waals surface area contributed by atoms with E-state index in [2.05, 4.69) is 97.9 Å². The van der Waals surface area contributed by atoms with Crippen molar-refractivity contribution < 1.29 is 0 Å². The van der Waals surface area contributed by atoms with Crippen LogP contribution in [0.15, 0.2) is 109 Å². The standard InChI is InChI=1S/C35H23N3/c1-21-12-14-26-28-11-6-16-36-33(28)32-19-22(13-15-27(32)31(26)17-21)18-23-20-37-34-29-9-4-2-7-24(29)25-8-3-5-10-30(25)35(34)38-23/h2-17,19-20H,18H2,1H3. The number of hydrogen-bond acceptors (Lipinski definition) is 3. The van der Waals surface area contributed by atoms with Gasteiger partial charge in [-0.3, -0.25) is 9.97 Å². The smallest absolute Gasteiger partial charge is 0.0975 e. The van der Waals surface area contributed by atoms with Gasteiger partial charge in [-0.15, -0.1) is 0 Å². The van der Waals surface area contributed by atoms with Gasteiger partial charge in [0.25, 0.3) is 0 Å². The zero-order chi connectivity index (χ0) is 25.2. The molecule has 0 aliphatic rings. The molecule has 0 unspecified atom stereocenters. The third-order valence-corrected chi connectivity index (χ3v) is 7.76. The van der Waals surface area contributed by atoms with Gasteiger partial charge in [-0.1, -0.05) is 90.5 Å². The first kappa shape index (κ1) is 21.2. The van der Waals surface area contributed by atoms with Crippen molar-refractivity contribution in [2.75, 3.05) is 0 Å². The molecular weight excluding hydrogens is 462 g/mol. The number of pyridine rings is 1. The van der Waals surface area contributed by atoms with Crippen molar-refractivity contribution in [3.8, 4) is 0 Å². The maximum atomic E-state index is 5.17. The number of benzene rings is 6. The second kappa shape index (κ2) is 8.06. The highest BCUT2D eigenvalue weighted by Gasteiger charge is 2.13. The van der Waals surface area contributed by atoms with E-state index in [0.29, 0.717) is 6.42 Å². The molecule has 0 radical (unpaired) electrons. The van der Waals surface area contributed by atoms with Gasteiger partial charge in [0.15, 0.2) is 0 Å². The van der Waals surface area contributed by atoms with Crippen LogP contribution in [0.5, 0.6) is 0 Å². The molecule has 6 aromatic carbocycles. The summed E-state index contributed by atoms with van der Waals surface area (Å²) in [5.74, 6) is 0. The first-order chi connectivity index (χ1) is 18.7. The average Bonchev–Trinajstić information content (AvgIpc) is 2.97. The molecule has 0 bridgehead atoms. The summed E-state index contributed by atoms with van der Waals surface area (Å²) in [5, 5.41) is 10.9. The van der Waals surface area contributed by atoms with E-state index >= 15 is 0 Å². The van der Waals surface area contributed by atoms with Gasteiger partial charge in [0.1, 0.15) is 0 Å². The Labute approximate surface area is 219 Å². The molecule has 0 aliphatic heterocycles. The Morgan fingerprint density at radius 1 is 0.500 bits per heavy atom. The van der Waals surface area contributed by atoms with Gasteiger partial charge in [-0.25, -0.2) is 4.98 Å². The lowest BCUT2D eigenvalue weighted by Gasteiger charge is -2.12. The second-order valence-corrected chi connectivity index (χ2v) is 10.2. The third kappa shape index (κ3) is 3.12. The Morgan fingerprint density at radius 2 is 1.13 bits per heavy atom. The minimum atomic E-state index is 0.709. The van der Waals surface area contributed by atoms with Crippen LogP contribution in [0.2, 0.25) is 0 Å². The van der Waals surface area contributed by atoms with Gasteiger partial charge >= 0.3 is 0 Å². The lowest BCUT2D eigenvalue weighted by molar-refractivity contribution is 1.07. The number of rotatable bonds is 2. The summed E-state index contributed by atoms with van der Waals surface area (Å²) in [4.78, 5) is 14.9. The predicted octanol–water partition coefficient (Wildman–Crippen LogP) is 8.69. The third-order valence-electron chi connectivity index (χ3n) is 7.76. The van der Waals surface area contributed by atoms with Crippen molar-refractivity contribution in [3.63, 3.8) is 0 Å². The summed E-state index contributed by atoms with van der Waals surface area (Å²) < 4.78 is 0. The molecule has 0 saturated carbocycles. The van der Waals surface area contributed by atoms with Crippen molar-refractivity contribution in [3.05, 3.63) is 126 Å². The van der Waals surface area contributed by atoms with Gasteiger partial charge in [-0.2, -0.15) is 0 Å². The zero-order valence-corrected chi connectivity index (χ0v) is 20.9. The summed E-state index contributed by atoms with van der Waals surface area (Å²) in [5.41, 5.74) is 6.39. The maximum absolute atomic E-state index is 5.17. The van der Waals surface area contributed by atoms with E-state index in [1.807, 2.05) is 18.5 Å². The van der Waals surface area contributed by atoms with Crippen molar-refractivity contribution in [1.29, 1.82) is 0 Å². The molecule has 0 atom stereocenters. The summed E-state index contributed by atoms with van der Waals surface area (Å²) in [6.07, 6.45) is 4.53. The molecule has 0 aliphatic carbocycles. The van der Waals surface area contributed by atoms with Crippen LogP contribution in [0.4, 0.5) is 0 Å². The molecule has 0 amide bonds. The Morgan fingerprint density at radius 3 is 1.95 bits per heavy atom. The van der Waals surface area contributed by atoms with Crippen molar-refractivity contribution in [2.45, 2.75) is 13.3 Å². The minimum Gasteiger partial charge on any atom is -0.256 e. The minimum absolute atomic E-state index is 0.709. The molecular formula is C35H23N3. The zero-order valence-electron chi connectivity index (χ0n) is 20.9. The fourth-order valence-electron chi connectivity index (χ4n) is 6.04. The van der Waals surface area contributed by atoms with Gasteiger partial charge in [0.2, 0.25) is 0 Å². The average molecular weight is 486 g/mol. The number of fused-ring (bicyclic) bond motifs is 12. The molecule has 38 heavy (non-hydrogen) atoms. The van der Waals surface area contributed by atoms with E-state index in [0.717, 1.165) is 33.0 Å². The number of hydrogen-bond donors (Lipinski definition) is 0. The molecule has 0 N–H and O–H groups in total. The molecule has 2 aromatic heterocycles. The van der Waals surface area contributed by atoms with E-state index in [1.165, 1.54) is 48.8 Å². The fraction of sp³-hybridized carbons (Fsp3) is 0.0571. The summed E-state index contributed by atoms with van der Waals surface area (Å²) in [6.45, 7) is 2.15. The van der Waals surface area contributed by atoms with E-state index in [9.17, 15) is 0 Å². The second-order valence-electron chi connectivity index (χ2n) is 10.2. The van der Waals surface area contributed by atoms with E-state index < -0.39 is 0 Å². The van der Waals surface area contributed by atoms with Gasteiger partial charge < -0.3 is 0 Å². The van der Waals surface area contributed by atoms with Crippen LogP contribution < -0.4 is 0 Å². The molecule has 0 saturated heterocycles. The lowest BCUT2D eigenvalue weighted by Crippen LogP contribution is -1.97. The predicted molar refractivity (Wildman–Crippen MR) is 159 cm³/mol. The van der Waals surface area contributed by atoms with E-state index in [4.69, 9.17) is 15.0 Å². The van der Waals surface area contributed by atoms with Gasteiger partial charge in [0.05, 0.1) is 22.2 Å². The lowest BCUT2D eigenvalue weighted by atomic mass is 9.94. The molecule has 8 aromatic rings. The Bertz CT molecular complexity index is 2200. The summed E-state index contributed by atoms with van der Waals surface area (Å²) in [6, 6.07) is 34.6. The van der Waals surface area contributed by atoms with Gasteiger partial charge in [-0.05, 0) is 51.6 Å². The van der Waals surface area contributed by atoms with Crippen LogP contribution in [0.3, 0.4) is 0 Å². The highest BCUT2D eigenvalue weighted by atomic mass is 14.8. The van der Waals surface area contributed by atoms with Crippen molar-refractivity contribution >= 4 is 65.0 Å². The molecule has 3 heteroatoms. The van der Waals surface area contributed by atoms with Crippen LogP contribution >= 0.6 is 0 Å². The first-order valence-electron chi connectivity index (χ1n) is 13.0. The van der Waals surface area contributed by atoms with E-state index in [-0.39, 0.29) is 0 Å². The quantitative estimate of drug-likeness (QED) is 0.230. The molecule has 2 heterocycles. The molecule has 0 spiro atoms. The topological polar surface area (TPSA) is 38.7 Å². The molecule has 0 fully saturated rings. The Kier molecular flexibility index (Phi) is 4.50. The monoisotopic (exact) mass is 485 g/mol. The Balaban J connectivity index is 1.33. The Hall–Kier alpha value is -4.89. The van der Waals surface area contributed by atoms with Crippen LogP contribution in [0, 0.1) is 6.92 Å². The maximum Gasteiger partial charge on any atom is 0.0975 e. The first-order valence-corrected chi connectivity index (χ1v) is 13.0. The normalized spacial score (nSPS) is 11.9. The summed E-state index contributed by atoms with van der Waals surface area (Å²) >= 11 is 0. The summed E-state index contributed by atoms with van der Waals surface area (Å²) in [7, 11) is 0. The molecule has 178 valence electrons.